The van der Waals surface area contributed by atoms with Crippen molar-refractivity contribution in [1.29, 1.82) is 0 Å². The summed E-state index contributed by atoms with van der Waals surface area (Å²) >= 11 is 0. The highest BCUT2D eigenvalue weighted by atomic mass is 14.8. The van der Waals surface area contributed by atoms with Gasteiger partial charge in [-0.2, -0.15) is 0 Å². The lowest BCUT2D eigenvalue weighted by atomic mass is 9.93. The van der Waals surface area contributed by atoms with Crippen molar-refractivity contribution < 1.29 is 0 Å². The van der Waals surface area contributed by atoms with Crippen molar-refractivity contribution in [1.82, 2.24) is 4.98 Å². The van der Waals surface area contributed by atoms with Gasteiger partial charge in [0.25, 0.3) is 0 Å². The average Bonchev–Trinajstić information content (AvgIpc) is 2.67. The molecule has 1 aliphatic carbocycles. The van der Waals surface area contributed by atoms with E-state index in [0.29, 0.717) is 0 Å². The first-order chi connectivity index (χ1) is 6.74. The van der Waals surface area contributed by atoms with Gasteiger partial charge in [0.15, 0.2) is 0 Å². The smallest absolute Gasteiger partial charge is 0.0605 e. The summed E-state index contributed by atoms with van der Waals surface area (Å²) < 4.78 is 0. The van der Waals surface area contributed by atoms with Crippen LogP contribution in [0.2, 0.25) is 0 Å². The van der Waals surface area contributed by atoms with Gasteiger partial charge >= 0.3 is 0 Å². The summed E-state index contributed by atoms with van der Waals surface area (Å²) in [5.74, 6) is 0. The van der Waals surface area contributed by atoms with E-state index in [1.54, 1.807) is 0 Å². The number of hydrogen-bond acceptors (Lipinski definition) is 2. The minimum absolute atomic E-state index is 0.134. The summed E-state index contributed by atoms with van der Waals surface area (Å²) in [5.41, 5.74) is 8.64. The minimum Gasteiger partial charge on any atom is -0.320 e. The van der Waals surface area contributed by atoms with Crippen LogP contribution in [0.5, 0.6) is 0 Å². The van der Waals surface area contributed by atoms with Gasteiger partial charge in [-0.15, -0.1) is 0 Å². The molecule has 1 saturated carbocycles. The van der Waals surface area contributed by atoms with Crippen LogP contribution in [0.25, 0.3) is 0 Å². The SMILES string of the molecule is CCc1ccnc(C2(N)CCCC2)c1. The zero-order valence-electron chi connectivity index (χ0n) is 8.79. The molecule has 0 amide bonds. The Morgan fingerprint density at radius 2 is 2.14 bits per heavy atom. The normalized spacial score (nSPS) is 19.9. The number of nitrogens with two attached hydrogens (primary N) is 1. The van der Waals surface area contributed by atoms with Gasteiger partial charge in [-0.05, 0) is 37.0 Å². The summed E-state index contributed by atoms with van der Waals surface area (Å²) in [7, 11) is 0. The number of hydrogen-bond donors (Lipinski definition) is 1. The molecular formula is C12H18N2. The van der Waals surface area contributed by atoms with E-state index < -0.39 is 0 Å². The molecule has 0 radical (unpaired) electrons. The Kier molecular flexibility index (Phi) is 2.55. The maximum absolute atomic E-state index is 6.34. The number of pyridine rings is 1. The van der Waals surface area contributed by atoms with Crippen molar-refractivity contribution in [3.05, 3.63) is 29.6 Å². The highest BCUT2D eigenvalue weighted by Gasteiger charge is 2.32. The molecule has 1 aromatic rings. The van der Waals surface area contributed by atoms with Crippen LogP contribution in [0.4, 0.5) is 0 Å². The lowest BCUT2D eigenvalue weighted by Gasteiger charge is -2.23. The van der Waals surface area contributed by atoms with Crippen molar-refractivity contribution in [3.63, 3.8) is 0 Å². The van der Waals surface area contributed by atoms with Gasteiger partial charge in [0.05, 0.1) is 11.2 Å². The van der Waals surface area contributed by atoms with Gasteiger partial charge in [-0.3, -0.25) is 4.98 Å². The largest absolute Gasteiger partial charge is 0.320 e. The quantitative estimate of drug-likeness (QED) is 0.777. The second kappa shape index (κ2) is 3.70. The third kappa shape index (κ3) is 1.67. The molecule has 2 heteroatoms. The Morgan fingerprint density at radius 3 is 2.79 bits per heavy atom. The summed E-state index contributed by atoms with van der Waals surface area (Å²) in [6, 6.07) is 4.24. The van der Waals surface area contributed by atoms with Gasteiger partial charge in [-0.25, -0.2) is 0 Å². The minimum atomic E-state index is -0.134. The molecule has 0 aromatic carbocycles. The second-order valence-electron chi connectivity index (χ2n) is 4.27. The van der Waals surface area contributed by atoms with Crippen LogP contribution in [0.3, 0.4) is 0 Å². The van der Waals surface area contributed by atoms with Crippen LogP contribution in [0.15, 0.2) is 18.3 Å². The molecule has 0 bridgehead atoms. The third-order valence-corrected chi connectivity index (χ3v) is 3.24. The second-order valence-corrected chi connectivity index (χ2v) is 4.27. The fraction of sp³-hybridized carbons (Fsp3) is 0.583. The van der Waals surface area contributed by atoms with Gasteiger partial charge < -0.3 is 5.73 Å². The predicted octanol–water partition coefficient (Wildman–Crippen LogP) is 2.37. The lowest BCUT2D eigenvalue weighted by molar-refractivity contribution is 0.447. The molecule has 1 fully saturated rings. The van der Waals surface area contributed by atoms with Gasteiger partial charge in [0.2, 0.25) is 0 Å². The van der Waals surface area contributed by atoms with Crippen molar-refractivity contribution in [3.8, 4) is 0 Å². The first-order valence-electron chi connectivity index (χ1n) is 5.49. The standard InChI is InChI=1S/C12H18N2/c1-2-10-5-8-14-11(9-10)12(13)6-3-4-7-12/h5,8-9H,2-4,6-7,13H2,1H3. The highest BCUT2D eigenvalue weighted by Crippen LogP contribution is 2.35. The van der Waals surface area contributed by atoms with E-state index in [9.17, 15) is 0 Å². The van der Waals surface area contributed by atoms with E-state index in [1.807, 2.05) is 6.20 Å². The molecule has 1 heterocycles. The Balaban J connectivity index is 2.30. The summed E-state index contributed by atoms with van der Waals surface area (Å²) in [6.07, 6.45) is 7.62. The van der Waals surface area contributed by atoms with Crippen LogP contribution in [0, 0.1) is 0 Å². The molecule has 0 spiro atoms. The van der Waals surface area contributed by atoms with E-state index in [-0.39, 0.29) is 5.54 Å². The lowest BCUT2D eigenvalue weighted by Crippen LogP contribution is -2.34. The Labute approximate surface area is 85.5 Å². The third-order valence-electron chi connectivity index (χ3n) is 3.24. The molecule has 0 atom stereocenters. The van der Waals surface area contributed by atoms with Crippen LogP contribution in [-0.4, -0.2) is 4.98 Å². The van der Waals surface area contributed by atoms with E-state index >= 15 is 0 Å². The van der Waals surface area contributed by atoms with E-state index in [1.165, 1.54) is 18.4 Å². The molecule has 0 unspecified atom stereocenters. The maximum Gasteiger partial charge on any atom is 0.0605 e. The molecule has 76 valence electrons. The maximum atomic E-state index is 6.34. The monoisotopic (exact) mass is 190 g/mol. The Morgan fingerprint density at radius 1 is 1.43 bits per heavy atom. The summed E-state index contributed by atoms with van der Waals surface area (Å²) in [4.78, 5) is 4.42. The fourth-order valence-corrected chi connectivity index (χ4v) is 2.23. The van der Waals surface area contributed by atoms with Crippen molar-refractivity contribution in [2.24, 2.45) is 5.73 Å². The topological polar surface area (TPSA) is 38.9 Å². The van der Waals surface area contributed by atoms with Gasteiger partial charge in [0.1, 0.15) is 0 Å². The Hall–Kier alpha value is -0.890. The molecular weight excluding hydrogens is 172 g/mol. The first-order valence-corrected chi connectivity index (χ1v) is 5.49. The van der Waals surface area contributed by atoms with Crippen molar-refractivity contribution in [2.75, 3.05) is 0 Å². The van der Waals surface area contributed by atoms with E-state index in [2.05, 4.69) is 24.0 Å². The van der Waals surface area contributed by atoms with Crippen LogP contribution in [0.1, 0.15) is 43.9 Å². The number of nitrogens with zero attached hydrogens (tertiary/aromatic N) is 1. The fourth-order valence-electron chi connectivity index (χ4n) is 2.23. The molecule has 2 N–H and O–H groups in total. The number of aromatic nitrogens is 1. The van der Waals surface area contributed by atoms with Crippen LogP contribution >= 0.6 is 0 Å². The number of aryl methyl sites for hydroxylation is 1. The van der Waals surface area contributed by atoms with Crippen molar-refractivity contribution in [2.45, 2.75) is 44.6 Å². The molecule has 2 nitrogen and oxygen atoms in total. The molecule has 0 saturated heterocycles. The molecule has 0 aliphatic heterocycles. The van der Waals surface area contributed by atoms with Gasteiger partial charge in [0, 0.05) is 6.20 Å². The molecule has 14 heavy (non-hydrogen) atoms. The first kappa shape index (κ1) is 9.66. The zero-order chi connectivity index (χ0) is 10.0. The zero-order valence-corrected chi connectivity index (χ0v) is 8.79. The average molecular weight is 190 g/mol. The number of rotatable bonds is 2. The van der Waals surface area contributed by atoms with E-state index in [0.717, 1.165) is 25.0 Å². The van der Waals surface area contributed by atoms with Crippen LogP contribution in [-0.2, 0) is 12.0 Å². The molecule has 1 aromatic heterocycles. The molecule has 2 rings (SSSR count). The van der Waals surface area contributed by atoms with Gasteiger partial charge in [-0.1, -0.05) is 19.8 Å². The predicted molar refractivity (Wildman–Crippen MR) is 57.9 cm³/mol. The summed E-state index contributed by atoms with van der Waals surface area (Å²) in [5, 5.41) is 0. The Bertz CT molecular complexity index is 314. The summed E-state index contributed by atoms with van der Waals surface area (Å²) in [6.45, 7) is 2.16. The van der Waals surface area contributed by atoms with Crippen molar-refractivity contribution >= 4 is 0 Å². The molecule has 1 aliphatic rings. The highest BCUT2D eigenvalue weighted by molar-refractivity contribution is 5.23. The van der Waals surface area contributed by atoms with Crippen LogP contribution < -0.4 is 5.73 Å². The van der Waals surface area contributed by atoms with E-state index in [4.69, 9.17) is 5.73 Å².